The molecule has 0 aromatic carbocycles. The fraction of sp³-hybridized carbons (Fsp3) is 0.865. The Morgan fingerprint density at radius 1 is 0.714 bits per heavy atom. The minimum Gasteiger partial charge on any atom is -1.00 e. The summed E-state index contributed by atoms with van der Waals surface area (Å²) in [4.78, 5) is 2.40. The molecule has 1 aromatic rings. The zero-order valence-electron chi connectivity index (χ0n) is 28.3. The van der Waals surface area contributed by atoms with E-state index in [4.69, 9.17) is 9.84 Å². The molecule has 0 aliphatic carbocycles. The number of halogens is 1. The zero-order chi connectivity index (χ0) is 29.6. The summed E-state index contributed by atoms with van der Waals surface area (Å²) in [5, 5.41) is 9.11. The molecule has 0 saturated carbocycles. The monoisotopic (exact) mass is 611 g/mol. The van der Waals surface area contributed by atoms with Crippen LogP contribution in [-0.2, 0) is 11.3 Å². The predicted molar refractivity (Wildman–Crippen MR) is 177 cm³/mol. The molecular formula is C37H71ClN2O2. The summed E-state index contributed by atoms with van der Waals surface area (Å²) in [5.41, 5.74) is 0. The van der Waals surface area contributed by atoms with Crippen LogP contribution in [0.25, 0.3) is 0 Å². The number of unbranched alkanes of at least 4 members (excludes halogenated alkanes) is 13. The van der Waals surface area contributed by atoms with E-state index in [1.165, 1.54) is 141 Å². The maximum absolute atomic E-state index is 9.11. The molecule has 1 unspecified atom stereocenters. The standard InChI is InChI=1S/C21H38N.C16H33NO2.ClH/c1-2-3-4-5-6-7-8-9-10-11-12-13-14-16-19-22-20-17-15-18-21-22;1-3-6-15(7-4-2)8-5-9-16-14-19-13-11-17(16)10-12-18;/h15,17-18,20-21H,2-14,16,19H2,1H3;15-16,18H,3-14H2,1-2H3;1H/q+1;;/p-1. The molecule has 1 fully saturated rings. The molecule has 1 aliphatic rings. The highest BCUT2D eigenvalue weighted by Crippen LogP contribution is 2.22. The molecule has 0 bridgehead atoms. The predicted octanol–water partition coefficient (Wildman–Crippen LogP) is 6.53. The number of rotatable bonds is 25. The second-order valence-corrected chi connectivity index (χ2v) is 12.6. The number of hydrogen-bond donors (Lipinski definition) is 1. The average molecular weight is 611 g/mol. The Hall–Kier alpha value is -0.680. The van der Waals surface area contributed by atoms with Crippen molar-refractivity contribution in [2.45, 2.75) is 168 Å². The van der Waals surface area contributed by atoms with Crippen LogP contribution >= 0.6 is 0 Å². The van der Waals surface area contributed by atoms with Crippen molar-refractivity contribution in [3.05, 3.63) is 30.6 Å². The lowest BCUT2D eigenvalue weighted by Gasteiger charge is -2.35. The lowest BCUT2D eigenvalue weighted by molar-refractivity contribution is -0.697. The molecule has 0 spiro atoms. The van der Waals surface area contributed by atoms with Crippen molar-refractivity contribution in [2.75, 3.05) is 32.9 Å². The number of hydrogen-bond acceptors (Lipinski definition) is 3. The first-order valence-corrected chi connectivity index (χ1v) is 18.1. The average Bonchev–Trinajstić information content (AvgIpc) is 2.99. The van der Waals surface area contributed by atoms with Crippen molar-refractivity contribution in [1.82, 2.24) is 4.90 Å². The van der Waals surface area contributed by atoms with E-state index < -0.39 is 0 Å². The first-order chi connectivity index (χ1) is 20.2. The Morgan fingerprint density at radius 2 is 1.26 bits per heavy atom. The summed E-state index contributed by atoms with van der Waals surface area (Å²) >= 11 is 0. The normalized spacial score (nSPS) is 15.3. The molecule has 0 radical (unpaired) electrons. The maximum Gasteiger partial charge on any atom is 0.168 e. The molecule has 5 heteroatoms. The van der Waals surface area contributed by atoms with Gasteiger partial charge in [-0.25, -0.2) is 4.57 Å². The third-order valence-electron chi connectivity index (χ3n) is 8.83. The van der Waals surface area contributed by atoms with Crippen LogP contribution in [0.1, 0.15) is 156 Å². The zero-order valence-corrected chi connectivity index (χ0v) is 29.0. The highest BCUT2D eigenvalue weighted by atomic mass is 35.5. The van der Waals surface area contributed by atoms with E-state index in [1.54, 1.807) is 0 Å². The van der Waals surface area contributed by atoms with Crippen LogP contribution in [-0.4, -0.2) is 49.0 Å². The lowest BCUT2D eigenvalue weighted by Crippen LogP contribution is -3.00. The van der Waals surface area contributed by atoms with Gasteiger partial charge in [0.05, 0.1) is 19.8 Å². The highest BCUT2D eigenvalue weighted by Gasteiger charge is 2.22. The van der Waals surface area contributed by atoms with Crippen LogP contribution in [0.15, 0.2) is 30.6 Å². The summed E-state index contributed by atoms with van der Waals surface area (Å²) in [6.07, 6.45) is 33.7. The number of aromatic nitrogens is 1. The molecule has 1 aliphatic heterocycles. The topological polar surface area (TPSA) is 36.6 Å². The van der Waals surface area contributed by atoms with Crippen molar-refractivity contribution in [1.29, 1.82) is 0 Å². The van der Waals surface area contributed by atoms with Gasteiger partial charge in [-0.15, -0.1) is 0 Å². The SMILES string of the molecule is CCCC(CCC)CCCC1COCCN1CCO.CCCCCCCCCCCCCCCC[n+]1ccccc1.[Cl-]. The fourth-order valence-electron chi connectivity index (χ4n) is 6.34. The van der Waals surface area contributed by atoms with E-state index in [9.17, 15) is 0 Å². The van der Waals surface area contributed by atoms with Crippen LogP contribution in [0.3, 0.4) is 0 Å². The second-order valence-electron chi connectivity index (χ2n) is 12.6. The minimum atomic E-state index is 0. The summed E-state index contributed by atoms with van der Waals surface area (Å²) in [7, 11) is 0. The summed E-state index contributed by atoms with van der Waals surface area (Å²) in [5.74, 6) is 0.922. The third kappa shape index (κ3) is 23.7. The Bertz CT molecular complexity index is 640. The molecular weight excluding hydrogens is 540 g/mol. The van der Waals surface area contributed by atoms with Crippen molar-refractivity contribution >= 4 is 0 Å². The highest BCUT2D eigenvalue weighted by molar-refractivity contribution is 4.83. The van der Waals surface area contributed by atoms with E-state index in [0.717, 1.165) is 32.2 Å². The van der Waals surface area contributed by atoms with Gasteiger partial charge in [0.25, 0.3) is 0 Å². The molecule has 1 saturated heterocycles. The Kier molecular flexibility index (Phi) is 31.2. The molecule has 248 valence electrons. The van der Waals surface area contributed by atoms with Gasteiger partial charge in [-0.05, 0) is 18.8 Å². The largest absolute Gasteiger partial charge is 1.00 e. The molecule has 2 heterocycles. The number of aliphatic hydroxyl groups excluding tert-OH is 1. The minimum absolute atomic E-state index is 0. The van der Waals surface area contributed by atoms with Gasteiger partial charge in [-0.1, -0.05) is 142 Å². The number of pyridine rings is 1. The number of morpholine rings is 1. The van der Waals surface area contributed by atoms with Crippen molar-refractivity contribution in [2.24, 2.45) is 5.92 Å². The maximum atomic E-state index is 9.11. The first-order valence-electron chi connectivity index (χ1n) is 18.1. The smallest absolute Gasteiger partial charge is 0.168 e. The van der Waals surface area contributed by atoms with Crippen LogP contribution < -0.4 is 17.0 Å². The van der Waals surface area contributed by atoms with E-state index >= 15 is 0 Å². The number of aliphatic hydroxyl groups is 1. The van der Waals surface area contributed by atoms with E-state index in [-0.39, 0.29) is 19.0 Å². The van der Waals surface area contributed by atoms with Gasteiger partial charge in [-0.3, -0.25) is 4.90 Å². The molecule has 4 nitrogen and oxygen atoms in total. The Balaban J connectivity index is 0.000000790. The van der Waals surface area contributed by atoms with Gasteiger partial charge >= 0.3 is 0 Å². The third-order valence-corrected chi connectivity index (χ3v) is 8.83. The quantitative estimate of drug-likeness (QED) is 0.101. The van der Waals surface area contributed by atoms with Gasteiger partial charge < -0.3 is 22.3 Å². The number of β-amino-alcohol motifs (C(OH)–C–C–N with tert-alkyl or cyclic N) is 1. The van der Waals surface area contributed by atoms with Crippen LogP contribution in [0.4, 0.5) is 0 Å². The number of ether oxygens (including phenoxy) is 1. The summed E-state index contributed by atoms with van der Waals surface area (Å²) in [6.45, 7) is 11.8. The first kappa shape index (κ1) is 41.3. The molecule has 1 aromatic heterocycles. The molecule has 1 N–H and O–H groups in total. The summed E-state index contributed by atoms with van der Waals surface area (Å²) < 4.78 is 7.88. The van der Waals surface area contributed by atoms with Gasteiger partial charge in [-0.2, -0.15) is 0 Å². The van der Waals surface area contributed by atoms with Crippen molar-refractivity contribution in [3.63, 3.8) is 0 Å². The number of aryl methyl sites for hydroxylation is 1. The van der Waals surface area contributed by atoms with E-state index in [0.29, 0.717) is 6.04 Å². The van der Waals surface area contributed by atoms with Gasteiger partial charge in [0.2, 0.25) is 0 Å². The van der Waals surface area contributed by atoms with E-state index in [2.05, 4.69) is 60.8 Å². The lowest BCUT2D eigenvalue weighted by atomic mass is 9.91. The van der Waals surface area contributed by atoms with Gasteiger partial charge in [0, 0.05) is 37.7 Å². The summed E-state index contributed by atoms with van der Waals surface area (Å²) in [6, 6.07) is 6.85. The van der Waals surface area contributed by atoms with Gasteiger partial charge in [0.15, 0.2) is 12.4 Å². The molecule has 42 heavy (non-hydrogen) atoms. The Labute approximate surface area is 268 Å². The van der Waals surface area contributed by atoms with Crippen molar-refractivity contribution < 1.29 is 26.8 Å². The van der Waals surface area contributed by atoms with Crippen LogP contribution in [0.5, 0.6) is 0 Å². The van der Waals surface area contributed by atoms with Crippen LogP contribution in [0.2, 0.25) is 0 Å². The fourth-order valence-corrected chi connectivity index (χ4v) is 6.34. The number of nitrogens with zero attached hydrogens (tertiary/aromatic N) is 2. The van der Waals surface area contributed by atoms with E-state index in [1.807, 2.05) is 0 Å². The molecule has 0 amide bonds. The van der Waals surface area contributed by atoms with Gasteiger partial charge in [0.1, 0.15) is 6.54 Å². The molecule has 1 atom stereocenters. The molecule has 2 rings (SSSR count). The van der Waals surface area contributed by atoms with Crippen molar-refractivity contribution in [3.8, 4) is 0 Å². The Morgan fingerprint density at radius 3 is 1.79 bits per heavy atom. The van der Waals surface area contributed by atoms with Crippen LogP contribution in [0, 0.1) is 5.92 Å². The second kappa shape index (κ2) is 31.7.